The van der Waals surface area contributed by atoms with Crippen LogP contribution < -0.4 is 10.6 Å². The molecule has 18 heteroatoms. The van der Waals surface area contributed by atoms with Crippen molar-refractivity contribution in [2.75, 3.05) is 23.4 Å². The Kier molecular flexibility index (Phi) is 8.86. The number of amides is 3. The molecule has 0 radical (unpaired) electrons. The average Bonchev–Trinajstić information content (AvgIpc) is 3.55. The van der Waals surface area contributed by atoms with E-state index in [-0.39, 0.29) is 40.7 Å². The van der Waals surface area contributed by atoms with Crippen molar-refractivity contribution in [3.63, 3.8) is 0 Å². The van der Waals surface area contributed by atoms with E-state index in [1.54, 1.807) is 19.9 Å². The van der Waals surface area contributed by atoms with Gasteiger partial charge in [-0.1, -0.05) is 23.0 Å². The summed E-state index contributed by atoms with van der Waals surface area (Å²) in [7, 11) is 0. The van der Waals surface area contributed by atoms with Gasteiger partial charge in [0, 0.05) is 23.4 Å². The Hall–Kier alpha value is -3.51. The summed E-state index contributed by atoms with van der Waals surface area (Å²) in [5, 5.41) is 32.3. The fraction of sp³-hybridized carbons (Fsp3) is 0.476. The highest BCUT2D eigenvalue weighted by molar-refractivity contribution is 8.00. The van der Waals surface area contributed by atoms with Crippen LogP contribution in [0.1, 0.15) is 19.5 Å². The molecule has 4 heterocycles. The largest absolute Gasteiger partial charge is 0.481 e. The van der Waals surface area contributed by atoms with Gasteiger partial charge in [0.05, 0.1) is 6.54 Å². The number of carbonyl (C=O) groups excluding carboxylic acids is 3. The van der Waals surface area contributed by atoms with Crippen LogP contribution >= 0.6 is 34.9 Å². The first-order valence-electron chi connectivity index (χ1n) is 11.5. The molecule has 0 aliphatic carbocycles. The number of thioether (sulfide) groups is 2. The van der Waals surface area contributed by atoms with Crippen molar-refractivity contribution in [1.82, 2.24) is 35.4 Å². The lowest BCUT2D eigenvalue weighted by Crippen LogP contribution is -2.74. The number of thiazole rings is 1. The summed E-state index contributed by atoms with van der Waals surface area (Å²) in [6.07, 6.45) is 1.77. The molecule has 3 atom stereocenters. The number of carboxylic acids is 1. The van der Waals surface area contributed by atoms with Crippen LogP contribution in [0.2, 0.25) is 0 Å². The summed E-state index contributed by atoms with van der Waals surface area (Å²) in [5.41, 5.74) is -1.22. The van der Waals surface area contributed by atoms with Crippen LogP contribution in [0.3, 0.4) is 0 Å². The predicted molar refractivity (Wildman–Crippen MR) is 143 cm³/mol. The SMILES string of the molecule is C=CCn1nnnc1SCC1(C(=O)O)CS[C@@H]2C(NC(=O)C(=NOC(C)C)c3csc(NC=O)n3)C(=O)N2C1. The summed E-state index contributed by atoms with van der Waals surface area (Å²) in [4.78, 5) is 60.1. The number of aliphatic carboxylic acids is 1. The number of carboxylic acid groups (broad SMARTS) is 1. The topological polar surface area (TPSA) is 194 Å². The Bertz CT molecular complexity index is 1300. The maximum atomic E-state index is 13.1. The van der Waals surface area contributed by atoms with Crippen molar-refractivity contribution < 1.29 is 29.1 Å². The third-order valence-corrected chi connectivity index (χ3v) is 9.27. The van der Waals surface area contributed by atoms with Gasteiger partial charge in [-0.2, -0.15) is 0 Å². The smallest absolute Gasteiger partial charge is 0.313 e. The van der Waals surface area contributed by atoms with Gasteiger partial charge in [0.1, 0.15) is 28.6 Å². The van der Waals surface area contributed by atoms with Gasteiger partial charge in [-0.25, -0.2) is 9.67 Å². The number of oxime groups is 1. The van der Waals surface area contributed by atoms with E-state index in [9.17, 15) is 24.3 Å². The van der Waals surface area contributed by atoms with Crippen molar-refractivity contribution in [3.8, 4) is 0 Å². The summed E-state index contributed by atoms with van der Waals surface area (Å²) in [6.45, 7) is 7.48. The number of anilines is 1. The minimum Gasteiger partial charge on any atom is -0.481 e. The maximum absolute atomic E-state index is 13.1. The quantitative estimate of drug-likeness (QED) is 0.0716. The normalized spacial score (nSPS) is 22.6. The van der Waals surface area contributed by atoms with Crippen LogP contribution in [0, 0.1) is 5.41 Å². The zero-order chi connectivity index (χ0) is 28.2. The molecular weight excluding hydrogens is 570 g/mol. The first-order valence-corrected chi connectivity index (χ1v) is 14.5. The number of rotatable bonds is 13. The lowest BCUT2D eigenvalue weighted by Gasteiger charge is -2.53. The molecule has 0 aromatic carbocycles. The van der Waals surface area contributed by atoms with E-state index >= 15 is 0 Å². The van der Waals surface area contributed by atoms with Gasteiger partial charge in [-0.3, -0.25) is 19.2 Å². The molecule has 0 spiro atoms. The number of hydrogen-bond acceptors (Lipinski definition) is 13. The number of hydrogen-bond donors (Lipinski definition) is 3. The van der Waals surface area contributed by atoms with Crippen molar-refractivity contribution in [2.45, 2.75) is 43.1 Å². The van der Waals surface area contributed by atoms with Gasteiger partial charge in [-0.05, 0) is 24.3 Å². The lowest BCUT2D eigenvalue weighted by atomic mass is 9.89. The zero-order valence-corrected chi connectivity index (χ0v) is 23.3. The van der Waals surface area contributed by atoms with E-state index in [1.807, 2.05) is 0 Å². The third-order valence-electron chi connectivity index (χ3n) is 5.66. The van der Waals surface area contributed by atoms with Crippen LogP contribution in [0.25, 0.3) is 0 Å². The molecule has 2 aliphatic heterocycles. The first kappa shape index (κ1) is 28.5. The highest BCUT2D eigenvalue weighted by Crippen LogP contribution is 2.44. The molecule has 39 heavy (non-hydrogen) atoms. The third kappa shape index (κ3) is 6.06. The molecule has 15 nitrogen and oxygen atoms in total. The number of allylic oxidation sites excluding steroid dienone is 1. The van der Waals surface area contributed by atoms with E-state index < -0.39 is 34.6 Å². The van der Waals surface area contributed by atoms with Gasteiger partial charge in [0.2, 0.25) is 17.5 Å². The fourth-order valence-corrected chi connectivity index (χ4v) is 7.12. The molecule has 2 fully saturated rings. The Morgan fingerprint density at radius 2 is 2.26 bits per heavy atom. The number of carbonyl (C=O) groups is 4. The molecule has 2 aromatic heterocycles. The number of tetrazole rings is 1. The second-order valence-corrected chi connectivity index (χ2v) is 11.7. The van der Waals surface area contributed by atoms with Crippen LogP contribution in [0.15, 0.2) is 28.3 Å². The van der Waals surface area contributed by atoms with Crippen LogP contribution in [-0.4, -0.2) is 101 Å². The van der Waals surface area contributed by atoms with E-state index in [1.165, 1.54) is 38.5 Å². The number of β-lactam (4-membered cyclic amide) rings is 1. The minimum absolute atomic E-state index is 0.0224. The second-order valence-electron chi connectivity index (χ2n) is 8.82. The summed E-state index contributed by atoms with van der Waals surface area (Å²) in [6, 6.07) is -0.878. The molecular formula is C21H25N9O6S3. The number of nitrogens with one attached hydrogen (secondary N) is 2. The van der Waals surface area contributed by atoms with Crippen molar-refractivity contribution in [3.05, 3.63) is 23.7 Å². The van der Waals surface area contributed by atoms with Gasteiger partial charge in [0.15, 0.2) is 10.8 Å². The molecule has 2 unspecified atom stereocenters. The molecule has 2 aliphatic rings. The summed E-state index contributed by atoms with van der Waals surface area (Å²) >= 11 is 3.57. The Labute approximate surface area is 234 Å². The number of nitrogens with zero attached hydrogens (tertiary/aromatic N) is 7. The number of aromatic nitrogens is 5. The lowest BCUT2D eigenvalue weighted by molar-refractivity contribution is -0.157. The average molecular weight is 596 g/mol. The molecule has 2 saturated heterocycles. The van der Waals surface area contributed by atoms with Gasteiger partial charge < -0.3 is 25.5 Å². The van der Waals surface area contributed by atoms with Crippen molar-refractivity contribution >= 4 is 69.9 Å². The molecule has 3 amide bonds. The Morgan fingerprint density at radius 1 is 1.46 bits per heavy atom. The Balaban J connectivity index is 1.44. The molecule has 4 rings (SSSR count). The highest BCUT2D eigenvalue weighted by Gasteiger charge is 2.57. The van der Waals surface area contributed by atoms with Gasteiger partial charge >= 0.3 is 5.97 Å². The van der Waals surface area contributed by atoms with Crippen molar-refractivity contribution in [1.29, 1.82) is 0 Å². The highest BCUT2D eigenvalue weighted by atomic mass is 32.2. The van der Waals surface area contributed by atoms with E-state index in [2.05, 4.69) is 42.9 Å². The van der Waals surface area contributed by atoms with E-state index in [0.29, 0.717) is 18.1 Å². The Morgan fingerprint density at radius 3 is 2.95 bits per heavy atom. The van der Waals surface area contributed by atoms with Gasteiger partial charge in [0.25, 0.3) is 5.91 Å². The molecule has 2 aromatic rings. The zero-order valence-electron chi connectivity index (χ0n) is 20.8. The molecule has 3 N–H and O–H groups in total. The maximum Gasteiger partial charge on any atom is 0.313 e. The minimum atomic E-state index is -1.23. The summed E-state index contributed by atoms with van der Waals surface area (Å²) < 4.78 is 1.51. The second kappa shape index (κ2) is 12.1. The van der Waals surface area contributed by atoms with E-state index in [4.69, 9.17) is 4.84 Å². The predicted octanol–water partition coefficient (Wildman–Crippen LogP) is 0.276. The standard InChI is InChI=1S/C21H25N9O6S3/c1-4-5-30-20(25-27-28-30)39-9-21(18(34)35)7-29-16(33)14(17(29)38-8-21)24-15(32)13(26-36-11(2)3)12-6-37-19(23-12)22-10-31/h4,6,10-11,14,17H,1,5,7-9H2,2-3H3,(H,24,32)(H,34,35)(H,22,23,31)/t14?,17-,21?/m1/s1. The van der Waals surface area contributed by atoms with Crippen molar-refractivity contribution in [2.24, 2.45) is 10.6 Å². The van der Waals surface area contributed by atoms with Crippen LogP contribution in [-0.2, 0) is 30.6 Å². The fourth-order valence-electron chi connectivity index (χ4n) is 3.72. The first-order chi connectivity index (χ1) is 18.7. The van der Waals surface area contributed by atoms with Crippen LogP contribution in [0.5, 0.6) is 0 Å². The summed E-state index contributed by atoms with van der Waals surface area (Å²) in [5.74, 6) is -1.77. The molecule has 208 valence electrons. The molecule has 0 saturated carbocycles. The van der Waals surface area contributed by atoms with Gasteiger partial charge in [-0.15, -0.1) is 34.8 Å². The van der Waals surface area contributed by atoms with E-state index in [0.717, 1.165) is 11.3 Å². The molecule has 0 bridgehead atoms. The number of fused-ring (bicyclic) bond motifs is 1. The van der Waals surface area contributed by atoms with Crippen LogP contribution in [0.4, 0.5) is 5.13 Å². The monoisotopic (exact) mass is 595 g/mol.